The van der Waals surface area contributed by atoms with Crippen molar-refractivity contribution in [3.63, 3.8) is 0 Å². The van der Waals surface area contributed by atoms with Crippen molar-refractivity contribution in [2.24, 2.45) is 0 Å². The first-order valence-corrected chi connectivity index (χ1v) is 7.75. The first-order valence-electron chi connectivity index (χ1n) is 7.75. The molecular weight excluding hydrogens is 336 g/mol. The molecule has 0 aliphatic carbocycles. The van der Waals surface area contributed by atoms with Gasteiger partial charge in [0.2, 0.25) is 0 Å². The topological polar surface area (TPSA) is 110 Å². The molecule has 4 aromatic carbocycles. The Morgan fingerprint density at radius 3 is 1.81 bits per heavy atom. The fourth-order valence-corrected chi connectivity index (χ4v) is 3.03. The molecule has 0 unspecified atom stereocenters. The number of rotatable bonds is 2. The van der Waals surface area contributed by atoms with Crippen LogP contribution in [-0.4, -0.2) is 25.5 Å². The number of aromatic hydroxyl groups is 5. The molecule has 0 aliphatic rings. The Morgan fingerprint density at radius 2 is 1.12 bits per heavy atom. The Hall–Kier alpha value is -3.80. The SMILES string of the molecule is Oc1c(Oc2ccc(O)c3c(O)cccc23)cc(O)c2c(O)cccc12. The number of phenolic OH excluding ortho intramolecular Hbond substituents is 5. The molecular formula is C20H14O6. The van der Waals surface area contributed by atoms with Gasteiger partial charge in [0.25, 0.3) is 0 Å². The van der Waals surface area contributed by atoms with Crippen LogP contribution in [0.15, 0.2) is 54.6 Å². The molecule has 6 heteroatoms. The van der Waals surface area contributed by atoms with E-state index < -0.39 is 0 Å². The van der Waals surface area contributed by atoms with Gasteiger partial charge in [0.1, 0.15) is 28.7 Å². The third kappa shape index (κ3) is 2.28. The molecule has 0 saturated heterocycles. The third-order valence-corrected chi connectivity index (χ3v) is 4.23. The van der Waals surface area contributed by atoms with Crippen LogP contribution in [0.25, 0.3) is 21.5 Å². The number of phenols is 5. The highest BCUT2D eigenvalue weighted by Gasteiger charge is 2.17. The van der Waals surface area contributed by atoms with E-state index in [9.17, 15) is 25.5 Å². The molecule has 0 saturated carbocycles. The maximum atomic E-state index is 10.5. The van der Waals surface area contributed by atoms with Gasteiger partial charge in [-0.25, -0.2) is 0 Å². The van der Waals surface area contributed by atoms with Crippen LogP contribution in [-0.2, 0) is 0 Å². The van der Waals surface area contributed by atoms with Crippen molar-refractivity contribution in [3.8, 4) is 40.2 Å². The Balaban J connectivity index is 1.92. The molecule has 0 amide bonds. The molecule has 6 nitrogen and oxygen atoms in total. The smallest absolute Gasteiger partial charge is 0.173 e. The van der Waals surface area contributed by atoms with Crippen LogP contribution in [0.5, 0.6) is 40.2 Å². The minimum absolute atomic E-state index is 0.0315. The summed E-state index contributed by atoms with van der Waals surface area (Å²) < 4.78 is 5.75. The number of hydrogen-bond donors (Lipinski definition) is 5. The second-order valence-electron chi connectivity index (χ2n) is 5.83. The minimum atomic E-state index is -0.255. The average Bonchev–Trinajstić information content (AvgIpc) is 2.61. The van der Waals surface area contributed by atoms with E-state index in [1.54, 1.807) is 12.1 Å². The number of ether oxygens (including phenoxy) is 1. The number of benzene rings is 4. The summed E-state index contributed by atoms with van der Waals surface area (Å²) in [5, 5.41) is 51.5. The van der Waals surface area contributed by atoms with Gasteiger partial charge < -0.3 is 30.3 Å². The van der Waals surface area contributed by atoms with Gasteiger partial charge in [-0.1, -0.05) is 24.3 Å². The van der Waals surface area contributed by atoms with Gasteiger partial charge in [-0.05, 0) is 24.3 Å². The van der Waals surface area contributed by atoms with Crippen molar-refractivity contribution in [2.75, 3.05) is 0 Å². The highest BCUT2D eigenvalue weighted by atomic mass is 16.5. The first kappa shape index (κ1) is 15.7. The number of hydrogen-bond acceptors (Lipinski definition) is 6. The van der Waals surface area contributed by atoms with E-state index in [4.69, 9.17) is 4.74 Å². The predicted octanol–water partition coefficient (Wildman–Crippen LogP) is 4.31. The van der Waals surface area contributed by atoms with Gasteiger partial charge in [0.05, 0.1) is 10.8 Å². The monoisotopic (exact) mass is 350 g/mol. The highest BCUT2D eigenvalue weighted by Crippen LogP contribution is 2.47. The lowest BCUT2D eigenvalue weighted by atomic mass is 10.1. The first-order chi connectivity index (χ1) is 12.5. The fraction of sp³-hybridized carbons (Fsp3) is 0. The molecule has 0 radical (unpaired) electrons. The van der Waals surface area contributed by atoms with E-state index in [2.05, 4.69) is 0 Å². The lowest BCUT2D eigenvalue weighted by Gasteiger charge is -2.14. The molecule has 0 fully saturated rings. The molecule has 4 rings (SSSR count). The highest BCUT2D eigenvalue weighted by molar-refractivity contribution is 6.00. The summed E-state index contributed by atoms with van der Waals surface area (Å²) >= 11 is 0. The molecule has 26 heavy (non-hydrogen) atoms. The Bertz CT molecular complexity index is 1160. The van der Waals surface area contributed by atoms with E-state index in [1.165, 1.54) is 42.5 Å². The lowest BCUT2D eigenvalue weighted by Crippen LogP contribution is -1.89. The fourth-order valence-electron chi connectivity index (χ4n) is 3.03. The summed E-state index contributed by atoms with van der Waals surface area (Å²) in [7, 11) is 0. The Kier molecular flexibility index (Phi) is 3.40. The molecule has 0 atom stereocenters. The zero-order chi connectivity index (χ0) is 18.4. The van der Waals surface area contributed by atoms with Gasteiger partial charge in [0, 0.05) is 16.8 Å². The van der Waals surface area contributed by atoms with Crippen LogP contribution >= 0.6 is 0 Å². The van der Waals surface area contributed by atoms with Crippen molar-refractivity contribution in [1.82, 2.24) is 0 Å². The maximum Gasteiger partial charge on any atom is 0.173 e. The zero-order valence-electron chi connectivity index (χ0n) is 13.3. The lowest BCUT2D eigenvalue weighted by molar-refractivity contribution is 0.409. The summed E-state index contributed by atoms with van der Waals surface area (Å²) in [6, 6.07) is 13.2. The predicted molar refractivity (Wildman–Crippen MR) is 96.3 cm³/mol. The second-order valence-corrected chi connectivity index (χ2v) is 5.83. The van der Waals surface area contributed by atoms with Crippen molar-refractivity contribution in [2.45, 2.75) is 0 Å². The van der Waals surface area contributed by atoms with E-state index in [1.807, 2.05) is 0 Å². The second kappa shape index (κ2) is 5.63. The Labute approximate surface area is 147 Å². The largest absolute Gasteiger partial charge is 0.507 e. The minimum Gasteiger partial charge on any atom is -0.507 e. The van der Waals surface area contributed by atoms with Crippen LogP contribution in [0.1, 0.15) is 0 Å². The third-order valence-electron chi connectivity index (χ3n) is 4.23. The van der Waals surface area contributed by atoms with Gasteiger partial charge in [-0.15, -0.1) is 0 Å². The van der Waals surface area contributed by atoms with Gasteiger partial charge in [-0.2, -0.15) is 0 Å². The Morgan fingerprint density at radius 1 is 0.538 bits per heavy atom. The molecule has 0 heterocycles. The van der Waals surface area contributed by atoms with Crippen LogP contribution in [0.4, 0.5) is 0 Å². The summed E-state index contributed by atoms with van der Waals surface area (Å²) in [6.45, 7) is 0. The van der Waals surface area contributed by atoms with E-state index >= 15 is 0 Å². The van der Waals surface area contributed by atoms with Crippen molar-refractivity contribution >= 4 is 21.5 Å². The van der Waals surface area contributed by atoms with Crippen LogP contribution in [0, 0.1) is 0 Å². The molecule has 0 aromatic heterocycles. The summed E-state index contributed by atoms with van der Waals surface area (Å²) in [5.74, 6) is -0.658. The number of fused-ring (bicyclic) bond motifs is 2. The molecule has 0 spiro atoms. The molecule has 0 bridgehead atoms. The summed E-state index contributed by atoms with van der Waals surface area (Å²) in [6.07, 6.45) is 0. The summed E-state index contributed by atoms with van der Waals surface area (Å²) in [5.41, 5.74) is 0. The van der Waals surface area contributed by atoms with E-state index in [-0.39, 0.29) is 56.4 Å². The van der Waals surface area contributed by atoms with Crippen LogP contribution in [0.2, 0.25) is 0 Å². The summed E-state index contributed by atoms with van der Waals surface area (Å²) in [4.78, 5) is 0. The van der Waals surface area contributed by atoms with Gasteiger partial charge in [-0.3, -0.25) is 0 Å². The van der Waals surface area contributed by atoms with Crippen molar-refractivity contribution < 1.29 is 30.3 Å². The van der Waals surface area contributed by atoms with E-state index in [0.29, 0.717) is 5.39 Å². The van der Waals surface area contributed by atoms with Crippen molar-refractivity contribution in [1.29, 1.82) is 0 Å². The normalized spacial score (nSPS) is 11.1. The maximum absolute atomic E-state index is 10.5. The van der Waals surface area contributed by atoms with Gasteiger partial charge in [0.15, 0.2) is 11.5 Å². The molecule has 4 aromatic rings. The van der Waals surface area contributed by atoms with E-state index in [0.717, 1.165) is 0 Å². The quantitative estimate of drug-likeness (QED) is 0.345. The zero-order valence-corrected chi connectivity index (χ0v) is 13.3. The molecule has 130 valence electrons. The molecule has 5 N–H and O–H groups in total. The van der Waals surface area contributed by atoms with Crippen LogP contribution < -0.4 is 4.74 Å². The van der Waals surface area contributed by atoms with Crippen LogP contribution in [0.3, 0.4) is 0 Å². The standard InChI is InChI=1S/C20H14O6/c21-12-5-1-3-10-16(8-7-14(23)18(10)12)26-17-9-15(24)19-11(20(17)25)4-2-6-13(19)22/h1-9,21-25H. The average molecular weight is 350 g/mol. The molecule has 0 aliphatic heterocycles. The van der Waals surface area contributed by atoms with Crippen molar-refractivity contribution in [3.05, 3.63) is 54.6 Å². The van der Waals surface area contributed by atoms with Gasteiger partial charge >= 0.3 is 0 Å².